The van der Waals surface area contributed by atoms with Gasteiger partial charge in [-0.3, -0.25) is 4.52 Å². The number of hydrogen-bond donors (Lipinski definition) is 3. The van der Waals surface area contributed by atoms with Crippen molar-refractivity contribution in [1.29, 1.82) is 0 Å². The molecule has 0 saturated carbocycles. The van der Waals surface area contributed by atoms with Gasteiger partial charge in [0.25, 0.3) is 0 Å². The Bertz CT molecular complexity index is 1100. The van der Waals surface area contributed by atoms with E-state index in [0.29, 0.717) is 54.6 Å². The fourth-order valence-electron chi connectivity index (χ4n) is 3.60. The summed E-state index contributed by atoms with van der Waals surface area (Å²) in [7, 11) is -3.01. The number of carbonyl (C=O) groups is 1. The Morgan fingerprint density at radius 2 is 1.95 bits per heavy atom. The smallest absolute Gasteiger partial charge is 0.469 e. The lowest BCUT2D eigenvalue weighted by molar-refractivity contribution is 0.0511. The Morgan fingerprint density at radius 3 is 2.57 bits per heavy atom. The molecular formula is C23H33N4O9P. The number of phosphoric ester groups is 1. The number of aryl methyl sites for hydroxylation is 1. The molecule has 1 aliphatic heterocycles. The Hall–Kier alpha value is -3.12. The number of carbonyl (C=O) groups excluding carboxylic acids is 1. The van der Waals surface area contributed by atoms with Crippen LogP contribution in [0.25, 0.3) is 0 Å². The van der Waals surface area contributed by atoms with Gasteiger partial charge >= 0.3 is 13.9 Å². The Balaban J connectivity index is 1.60. The Kier molecular flexibility index (Phi) is 9.93. The lowest BCUT2D eigenvalue weighted by Gasteiger charge is -2.32. The first-order valence-electron chi connectivity index (χ1n) is 11.8. The van der Waals surface area contributed by atoms with E-state index in [0.717, 1.165) is 0 Å². The molecule has 0 spiro atoms. The quantitative estimate of drug-likeness (QED) is 0.282. The molecule has 1 fully saturated rings. The summed E-state index contributed by atoms with van der Waals surface area (Å²) in [5.74, 6) is 1.67. The van der Waals surface area contributed by atoms with Crippen LogP contribution in [0.4, 0.5) is 16.3 Å². The van der Waals surface area contributed by atoms with Crippen molar-refractivity contribution in [3.8, 4) is 17.4 Å². The first-order valence-corrected chi connectivity index (χ1v) is 13.3. The number of aromatic nitrogens is 2. The fraction of sp³-hybridized carbons (Fsp3) is 0.522. The van der Waals surface area contributed by atoms with Crippen molar-refractivity contribution >= 4 is 25.4 Å². The average molecular weight is 541 g/mol. The molecule has 0 radical (unpaired) electrons. The van der Waals surface area contributed by atoms with Crippen LogP contribution < -0.4 is 19.5 Å². The molecule has 2 aromatic rings. The number of rotatable bonds is 11. The first kappa shape index (κ1) is 28.5. The van der Waals surface area contributed by atoms with E-state index >= 15 is 0 Å². The predicted octanol–water partition coefficient (Wildman–Crippen LogP) is 3.41. The van der Waals surface area contributed by atoms with Crippen LogP contribution >= 0.6 is 7.82 Å². The van der Waals surface area contributed by atoms with Gasteiger partial charge < -0.3 is 39.0 Å². The maximum Gasteiger partial charge on any atom is 0.469 e. The second kappa shape index (κ2) is 12.9. The van der Waals surface area contributed by atoms with Crippen molar-refractivity contribution in [2.45, 2.75) is 45.8 Å². The molecular weight excluding hydrogens is 507 g/mol. The van der Waals surface area contributed by atoms with Crippen LogP contribution in [0.2, 0.25) is 0 Å². The number of anilines is 2. The predicted molar refractivity (Wildman–Crippen MR) is 133 cm³/mol. The van der Waals surface area contributed by atoms with Crippen LogP contribution in [0.3, 0.4) is 0 Å². The normalized spacial score (nSPS) is 14.4. The van der Waals surface area contributed by atoms with Gasteiger partial charge in [0.1, 0.15) is 12.7 Å². The topological polar surface area (TPSA) is 162 Å². The number of piperidine rings is 1. The minimum atomic E-state index is -4.54. The second-order valence-electron chi connectivity index (χ2n) is 8.51. The van der Waals surface area contributed by atoms with Crippen molar-refractivity contribution in [3.63, 3.8) is 0 Å². The summed E-state index contributed by atoms with van der Waals surface area (Å²) in [6.45, 7) is 6.15. The van der Waals surface area contributed by atoms with Gasteiger partial charge in [-0.1, -0.05) is 0 Å². The second-order valence-corrected chi connectivity index (χ2v) is 9.75. The standard InChI is InChI=1S/C23H33N4O9P/c1-15(2)35-23(28)27-11-8-17(9-12-27)36-19-7-10-24-22(21(19)32-4)26-18-5-6-20(25-16(18)3)33-13-14-34-37(29,30)31/h5-7,10,15,17H,8-9,11-14H2,1-4H3,(H,24,26)(H2,29,30,31). The molecule has 3 rings (SSSR count). The molecule has 0 atom stereocenters. The van der Waals surface area contributed by atoms with Gasteiger partial charge in [0.05, 0.1) is 31.2 Å². The van der Waals surface area contributed by atoms with E-state index in [1.54, 1.807) is 36.2 Å². The van der Waals surface area contributed by atoms with Gasteiger partial charge in [0.2, 0.25) is 11.6 Å². The van der Waals surface area contributed by atoms with Crippen LogP contribution in [-0.4, -0.2) is 76.4 Å². The number of likely N-dealkylation sites (tertiary alicyclic amines) is 1. The van der Waals surface area contributed by atoms with Crippen LogP contribution in [0, 0.1) is 6.92 Å². The molecule has 0 aliphatic carbocycles. The van der Waals surface area contributed by atoms with Crippen LogP contribution in [-0.2, 0) is 13.8 Å². The van der Waals surface area contributed by atoms with Crippen molar-refractivity contribution in [3.05, 3.63) is 30.1 Å². The lowest BCUT2D eigenvalue weighted by Crippen LogP contribution is -2.42. The summed E-state index contributed by atoms with van der Waals surface area (Å²) >= 11 is 0. The van der Waals surface area contributed by atoms with Crippen molar-refractivity contribution in [2.75, 3.05) is 38.7 Å². The highest BCUT2D eigenvalue weighted by molar-refractivity contribution is 7.46. The molecule has 14 heteroatoms. The van der Waals surface area contributed by atoms with Crippen molar-refractivity contribution < 1.29 is 42.6 Å². The van der Waals surface area contributed by atoms with Crippen molar-refractivity contribution in [1.82, 2.24) is 14.9 Å². The number of phosphoric acid groups is 1. The number of pyridine rings is 2. The number of amides is 1. The molecule has 0 bridgehead atoms. The minimum Gasteiger partial charge on any atom is -0.490 e. The molecule has 1 amide bonds. The monoisotopic (exact) mass is 540 g/mol. The lowest BCUT2D eigenvalue weighted by atomic mass is 10.1. The highest BCUT2D eigenvalue weighted by Crippen LogP contribution is 2.37. The van der Waals surface area contributed by atoms with Crippen LogP contribution in [0.5, 0.6) is 17.4 Å². The number of nitrogens with zero attached hydrogens (tertiary/aromatic N) is 3. The Labute approximate surface area is 215 Å². The van der Waals surface area contributed by atoms with E-state index in [9.17, 15) is 9.36 Å². The molecule has 1 saturated heterocycles. The molecule has 1 aliphatic rings. The largest absolute Gasteiger partial charge is 0.490 e. The van der Waals surface area contributed by atoms with E-state index in [1.807, 2.05) is 13.8 Å². The molecule has 37 heavy (non-hydrogen) atoms. The molecule has 204 valence electrons. The van der Waals surface area contributed by atoms with Gasteiger partial charge in [0, 0.05) is 44.3 Å². The van der Waals surface area contributed by atoms with E-state index in [-0.39, 0.29) is 37.4 Å². The zero-order valence-electron chi connectivity index (χ0n) is 21.2. The first-order chi connectivity index (χ1) is 17.6. The molecule has 0 aromatic carbocycles. The zero-order valence-corrected chi connectivity index (χ0v) is 22.1. The third-order valence-electron chi connectivity index (χ3n) is 5.31. The molecule has 0 unspecified atom stereocenters. The zero-order chi connectivity index (χ0) is 27.0. The molecule has 13 nitrogen and oxygen atoms in total. The number of methoxy groups -OCH3 is 1. The van der Waals surface area contributed by atoms with E-state index in [2.05, 4.69) is 19.8 Å². The van der Waals surface area contributed by atoms with E-state index < -0.39 is 7.82 Å². The van der Waals surface area contributed by atoms with Crippen LogP contribution in [0.15, 0.2) is 24.4 Å². The van der Waals surface area contributed by atoms with Gasteiger partial charge in [-0.05, 0) is 26.8 Å². The minimum absolute atomic E-state index is 0.0725. The van der Waals surface area contributed by atoms with E-state index in [1.165, 1.54) is 7.11 Å². The maximum absolute atomic E-state index is 12.1. The summed E-state index contributed by atoms with van der Waals surface area (Å²) in [6, 6.07) is 5.07. The summed E-state index contributed by atoms with van der Waals surface area (Å²) < 4.78 is 37.5. The van der Waals surface area contributed by atoms with Gasteiger partial charge in [-0.15, -0.1) is 0 Å². The summed E-state index contributed by atoms with van der Waals surface area (Å²) in [4.78, 5) is 39.9. The van der Waals surface area contributed by atoms with E-state index in [4.69, 9.17) is 28.7 Å². The SMILES string of the molecule is COc1c(OC2CCN(C(=O)OC(C)C)CC2)ccnc1Nc1ccc(OCCOP(=O)(O)O)nc1C. The fourth-order valence-corrected chi connectivity index (χ4v) is 3.91. The molecule has 3 N–H and O–H groups in total. The van der Waals surface area contributed by atoms with Crippen molar-refractivity contribution in [2.24, 2.45) is 0 Å². The average Bonchev–Trinajstić information content (AvgIpc) is 2.83. The molecule has 2 aromatic heterocycles. The summed E-state index contributed by atoms with van der Waals surface area (Å²) in [6.07, 6.45) is 2.36. The van der Waals surface area contributed by atoms with Gasteiger partial charge in [-0.2, -0.15) is 0 Å². The van der Waals surface area contributed by atoms with Gasteiger partial charge in [-0.25, -0.2) is 19.3 Å². The third-order valence-corrected chi connectivity index (χ3v) is 5.83. The highest BCUT2D eigenvalue weighted by Gasteiger charge is 2.26. The number of nitrogens with one attached hydrogen (secondary N) is 1. The van der Waals surface area contributed by atoms with Crippen LogP contribution in [0.1, 0.15) is 32.4 Å². The Morgan fingerprint density at radius 1 is 1.22 bits per heavy atom. The maximum atomic E-state index is 12.1. The third kappa shape index (κ3) is 8.74. The molecule has 3 heterocycles. The highest BCUT2D eigenvalue weighted by atomic mass is 31.2. The van der Waals surface area contributed by atoms with Gasteiger partial charge in [0.15, 0.2) is 11.6 Å². The number of ether oxygens (including phenoxy) is 4. The summed E-state index contributed by atoms with van der Waals surface area (Å²) in [5, 5.41) is 3.19. The summed E-state index contributed by atoms with van der Waals surface area (Å²) in [5.41, 5.74) is 1.25. The number of hydrogen-bond acceptors (Lipinski definition) is 10.